The topological polar surface area (TPSA) is 21.3 Å². The molecule has 0 saturated heterocycles. The van der Waals surface area contributed by atoms with E-state index in [4.69, 9.17) is 27.9 Å². The smallest absolute Gasteiger partial charge is 0.127 e. The van der Waals surface area contributed by atoms with Crippen LogP contribution >= 0.6 is 23.2 Å². The lowest BCUT2D eigenvalue weighted by Gasteiger charge is -2.11. The summed E-state index contributed by atoms with van der Waals surface area (Å²) in [5.41, 5.74) is 3.26. The van der Waals surface area contributed by atoms with E-state index >= 15 is 0 Å². The third-order valence-electron chi connectivity index (χ3n) is 3.13. The molecule has 0 fully saturated rings. The summed E-state index contributed by atoms with van der Waals surface area (Å²) in [4.78, 5) is 0. The summed E-state index contributed by atoms with van der Waals surface area (Å²) in [6, 6.07) is 11.6. The molecular formula is C15H13Cl2NO. The van der Waals surface area contributed by atoms with Gasteiger partial charge < -0.3 is 10.1 Å². The molecule has 2 aromatic carbocycles. The molecular weight excluding hydrogens is 281 g/mol. The molecule has 1 aliphatic heterocycles. The molecule has 3 rings (SSSR count). The van der Waals surface area contributed by atoms with Gasteiger partial charge in [0.15, 0.2) is 0 Å². The van der Waals surface area contributed by atoms with Crippen molar-refractivity contribution in [2.24, 2.45) is 0 Å². The van der Waals surface area contributed by atoms with Crippen molar-refractivity contribution in [1.29, 1.82) is 0 Å². The lowest BCUT2D eigenvalue weighted by molar-refractivity contribution is 0.354. The number of benzene rings is 2. The Morgan fingerprint density at radius 2 is 2.00 bits per heavy atom. The maximum absolute atomic E-state index is 6.13. The van der Waals surface area contributed by atoms with Crippen molar-refractivity contribution in [3.63, 3.8) is 0 Å². The molecule has 0 aromatic heterocycles. The van der Waals surface area contributed by atoms with Gasteiger partial charge in [-0.2, -0.15) is 0 Å². The number of rotatable bonds is 3. The zero-order valence-corrected chi connectivity index (χ0v) is 11.8. The van der Waals surface area contributed by atoms with Crippen molar-refractivity contribution in [3.8, 4) is 5.75 Å². The van der Waals surface area contributed by atoms with E-state index in [1.54, 1.807) is 0 Å². The van der Waals surface area contributed by atoms with Gasteiger partial charge in [0.2, 0.25) is 0 Å². The summed E-state index contributed by atoms with van der Waals surface area (Å²) in [5, 5.41) is 4.81. The average Bonchev–Trinajstić information content (AvgIpc) is 2.84. The number of ether oxygens (including phenoxy) is 1. The minimum Gasteiger partial charge on any atom is -0.493 e. The lowest BCUT2D eigenvalue weighted by Crippen LogP contribution is -2.01. The van der Waals surface area contributed by atoms with Crippen LogP contribution in [0.3, 0.4) is 0 Å². The first kappa shape index (κ1) is 12.6. The van der Waals surface area contributed by atoms with Gasteiger partial charge in [-0.3, -0.25) is 0 Å². The highest BCUT2D eigenvalue weighted by Gasteiger charge is 2.17. The average molecular weight is 294 g/mol. The maximum atomic E-state index is 6.13. The SMILES string of the molecule is Clc1cccc(NCc2cc(Cl)cc3c2OCC3)c1. The molecule has 0 unspecified atom stereocenters. The van der Waals surface area contributed by atoms with E-state index in [2.05, 4.69) is 5.32 Å². The molecule has 0 amide bonds. The van der Waals surface area contributed by atoms with Gasteiger partial charge in [0.1, 0.15) is 5.75 Å². The van der Waals surface area contributed by atoms with E-state index in [1.807, 2.05) is 36.4 Å². The minimum atomic E-state index is 0.670. The van der Waals surface area contributed by atoms with Gasteiger partial charge in [0.05, 0.1) is 6.61 Å². The predicted octanol–water partition coefficient (Wildman–Crippen LogP) is 4.54. The Bertz CT molecular complexity index is 613. The Morgan fingerprint density at radius 3 is 2.84 bits per heavy atom. The quantitative estimate of drug-likeness (QED) is 0.897. The summed E-state index contributed by atoms with van der Waals surface area (Å²) in [5.74, 6) is 0.971. The molecule has 98 valence electrons. The van der Waals surface area contributed by atoms with Crippen LogP contribution in [0.4, 0.5) is 5.69 Å². The van der Waals surface area contributed by atoms with Crippen LogP contribution in [-0.2, 0) is 13.0 Å². The number of halogens is 2. The third-order valence-corrected chi connectivity index (χ3v) is 3.59. The highest BCUT2D eigenvalue weighted by Crippen LogP contribution is 2.33. The molecule has 0 aliphatic carbocycles. The van der Waals surface area contributed by atoms with Crippen LogP contribution in [0, 0.1) is 0 Å². The fraction of sp³-hybridized carbons (Fsp3) is 0.200. The Morgan fingerprint density at radius 1 is 1.11 bits per heavy atom. The molecule has 1 aliphatic rings. The zero-order valence-electron chi connectivity index (χ0n) is 10.2. The van der Waals surface area contributed by atoms with Crippen molar-refractivity contribution >= 4 is 28.9 Å². The number of hydrogen-bond donors (Lipinski definition) is 1. The van der Waals surface area contributed by atoms with E-state index in [9.17, 15) is 0 Å². The first-order valence-electron chi connectivity index (χ1n) is 6.16. The van der Waals surface area contributed by atoms with Crippen LogP contribution in [0.5, 0.6) is 5.75 Å². The standard InChI is InChI=1S/C15H13Cl2NO/c16-12-2-1-3-14(8-12)18-9-11-7-13(17)6-10-4-5-19-15(10)11/h1-3,6-8,18H,4-5,9H2. The molecule has 1 N–H and O–H groups in total. The van der Waals surface area contributed by atoms with E-state index in [1.165, 1.54) is 5.56 Å². The molecule has 4 heteroatoms. The second-order valence-electron chi connectivity index (χ2n) is 4.52. The minimum absolute atomic E-state index is 0.670. The predicted molar refractivity (Wildman–Crippen MR) is 79.4 cm³/mol. The monoisotopic (exact) mass is 293 g/mol. The van der Waals surface area contributed by atoms with Crippen LogP contribution in [0.15, 0.2) is 36.4 Å². The first-order chi connectivity index (χ1) is 9.22. The van der Waals surface area contributed by atoms with Crippen LogP contribution in [-0.4, -0.2) is 6.61 Å². The van der Waals surface area contributed by atoms with Crippen LogP contribution in [0.25, 0.3) is 0 Å². The summed E-state index contributed by atoms with van der Waals surface area (Å²) >= 11 is 12.1. The maximum Gasteiger partial charge on any atom is 0.127 e. The van der Waals surface area contributed by atoms with Gasteiger partial charge in [-0.25, -0.2) is 0 Å². The second kappa shape index (κ2) is 5.32. The number of nitrogens with one attached hydrogen (secondary N) is 1. The molecule has 0 atom stereocenters. The highest BCUT2D eigenvalue weighted by molar-refractivity contribution is 6.31. The third kappa shape index (κ3) is 2.80. The van der Waals surface area contributed by atoms with E-state index in [0.717, 1.165) is 40.1 Å². The molecule has 19 heavy (non-hydrogen) atoms. The van der Waals surface area contributed by atoms with Crippen molar-refractivity contribution in [1.82, 2.24) is 0 Å². The van der Waals surface area contributed by atoms with Crippen LogP contribution in [0.1, 0.15) is 11.1 Å². The van der Waals surface area contributed by atoms with Crippen LogP contribution < -0.4 is 10.1 Å². The fourth-order valence-corrected chi connectivity index (χ4v) is 2.73. The van der Waals surface area contributed by atoms with Gasteiger partial charge in [-0.1, -0.05) is 29.3 Å². The van der Waals surface area contributed by atoms with E-state index in [-0.39, 0.29) is 0 Å². The van der Waals surface area contributed by atoms with Gasteiger partial charge in [-0.15, -0.1) is 0 Å². The van der Waals surface area contributed by atoms with Crippen molar-refractivity contribution in [3.05, 3.63) is 57.6 Å². The van der Waals surface area contributed by atoms with E-state index in [0.29, 0.717) is 6.54 Å². The summed E-state index contributed by atoms with van der Waals surface area (Å²) in [7, 11) is 0. The molecule has 2 aromatic rings. The van der Waals surface area contributed by atoms with Crippen molar-refractivity contribution in [2.45, 2.75) is 13.0 Å². The van der Waals surface area contributed by atoms with Gasteiger partial charge >= 0.3 is 0 Å². The lowest BCUT2D eigenvalue weighted by atomic mass is 10.1. The number of anilines is 1. The summed E-state index contributed by atoms with van der Waals surface area (Å²) in [6.45, 7) is 1.41. The first-order valence-corrected chi connectivity index (χ1v) is 6.91. The van der Waals surface area contributed by atoms with Crippen LogP contribution in [0.2, 0.25) is 10.0 Å². The van der Waals surface area contributed by atoms with Gasteiger partial charge in [0, 0.05) is 34.3 Å². The second-order valence-corrected chi connectivity index (χ2v) is 5.39. The summed E-state index contributed by atoms with van der Waals surface area (Å²) in [6.07, 6.45) is 0.931. The Labute approximate surface area is 122 Å². The number of fused-ring (bicyclic) bond motifs is 1. The number of hydrogen-bond acceptors (Lipinski definition) is 2. The Balaban J connectivity index is 1.81. The molecule has 2 nitrogen and oxygen atoms in total. The zero-order chi connectivity index (χ0) is 13.2. The molecule has 0 spiro atoms. The van der Waals surface area contributed by atoms with Gasteiger partial charge in [-0.05, 0) is 35.9 Å². The molecule has 0 radical (unpaired) electrons. The largest absolute Gasteiger partial charge is 0.493 e. The highest BCUT2D eigenvalue weighted by atomic mass is 35.5. The fourth-order valence-electron chi connectivity index (χ4n) is 2.27. The molecule has 0 saturated carbocycles. The Kier molecular flexibility index (Phi) is 3.54. The van der Waals surface area contributed by atoms with Gasteiger partial charge in [0.25, 0.3) is 0 Å². The Hall–Kier alpha value is -1.38. The molecule has 0 bridgehead atoms. The van der Waals surface area contributed by atoms with Crippen molar-refractivity contribution in [2.75, 3.05) is 11.9 Å². The van der Waals surface area contributed by atoms with E-state index < -0.39 is 0 Å². The van der Waals surface area contributed by atoms with Crippen molar-refractivity contribution < 1.29 is 4.74 Å². The normalized spacial score (nSPS) is 12.9. The molecule has 1 heterocycles. The summed E-state index contributed by atoms with van der Waals surface area (Å²) < 4.78 is 5.67.